The van der Waals surface area contributed by atoms with Crippen LogP contribution >= 0.6 is 0 Å². The van der Waals surface area contributed by atoms with Crippen molar-refractivity contribution >= 4 is 20.9 Å². The Hall–Kier alpha value is -1.54. The number of alkyl carbamates (subject to hydrolysis) is 1. The molecule has 0 spiro atoms. The van der Waals surface area contributed by atoms with Crippen molar-refractivity contribution in [1.29, 1.82) is 0 Å². The van der Waals surface area contributed by atoms with Crippen LogP contribution in [0.25, 0.3) is 0 Å². The van der Waals surface area contributed by atoms with Crippen molar-refractivity contribution in [3.8, 4) is 0 Å². The average molecular weight is 650 g/mol. The number of carbonyl (C=O) groups excluding carboxylic acids is 2. The quantitative estimate of drug-likeness (QED) is 0.0401. The van der Waals surface area contributed by atoms with Crippen LogP contribution in [-0.4, -0.2) is 98.6 Å². The van der Waals surface area contributed by atoms with Gasteiger partial charge in [-0.05, 0) is 54.4 Å². The van der Waals surface area contributed by atoms with Crippen molar-refractivity contribution in [2.24, 2.45) is 0 Å². The third kappa shape index (κ3) is 24.7. The van der Waals surface area contributed by atoms with Crippen LogP contribution in [0.4, 0.5) is 4.79 Å². The van der Waals surface area contributed by atoms with Crippen LogP contribution in [0.2, 0.25) is 6.04 Å². The van der Waals surface area contributed by atoms with Gasteiger partial charge in [-0.15, -0.1) is 0 Å². The highest BCUT2D eigenvalue weighted by Gasteiger charge is 2.39. The zero-order valence-electron chi connectivity index (χ0n) is 28.5. The van der Waals surface area contributed by atoms with Gasteiger partial charge in [0.2, 0.25) is 0 Å². The van der Waals surface area contributed by atoms with Gasteiger partial charge in [-0.25, -0.2) is 9.59 Å². The summed E-state index contributed by atoms with van der Waals surface area (Å²) in [4.78, 5) is 23.0. The maximum atomic E-state index is 11.9. The number of carbonyl (C=O) groups is 2. The van der Waals surface area contributed by atoms with Gasteiger partial charge in [-0.2, -0.15) is 0 Å². The number of rotatable bonds is 31. The SMILES string of the molecule is C=CC(=O)OCC(C)OCC(C)OCC(C)OCCNC(=O)OCCCCCCCCCCC[Si](OCC)(OCC)OCC. The lowest BCUT2D eigenvalue weighted by atomic mass is 10.1. The summed E-state index contributed by atoms with van der Waals surface area (Å²) in [6, 6.07) is 0.896. The molecule has 0 rings (SSSR count). The molecule has 260 valence electrons. The van der Waals surface area contributed by atoms with Gasteiger partial charge >= 0.3 is 20.9 Å². The fraction of sp³-hybridized carbons (Fsp3) is 0.875. The fourth-order valence-electron chi connectivity index (χ4n) is 4.31. The number of unbranched alkanes of at least 4 members (excludes halogenated alkanes) is 8. The summed E-state index contributed by atoms with van der Waals surface area (Å²) in [5.74, 6) is -0.471. The molecule has 0 aliphatic rings. The first kappa shape index (κ1) is 42.5. The number of amides is 1. The monoisotopic (exact) mass is 649 g/mol. The van der Waals surface area contributed by atoms with Crippen molar-refractivity contribution in [3.05, 3.63) is 12.7 Å². The maximum absolute atomic E-state index is 11.9. The van der Waals surface area contributed by atoms with Gasteiger partial charge in [0.05, 0.1) is 44.7 Å². The average Bonchev–Trinajstić information content (AvgIpc) is 3.00. The Morgan fingerprint density at radius 3 is 1.66 bits per heavy atom. The highest BCUT2D eigenvalue weighted by Crippen LogP contribution is 2.21. The molecule has 0 fully saturated rings. The molecule has 0 aromatic carbocycles. The molecule has 0 aromatic rings. The molecule has 44 heavy (non-hydrogen) atoms. The molecule has 0 aliphatic heterocycles. The van der Waals surface area contributed by atoms with E-state index in [1.54, 1.807) is 0 Å². The topological polar surface area (TPSA) is 120 Å². The molecule has 0 radical (unpaired) electrons. The van der Waals surface area contributed by atoms with E-state index in [1.807, 2.05) is 41.5 Å². The van der Waals surface area contributed by atoms with E-state index >= 15 is 0 Å². The molecule has 0 aliphatic carbocycles. The van der Waals surface area contributed by atoms with Gasteiger partial charge in [-0.1, -0.05) is 51.5 Å². The van der Waals surface area contributed by atoms with E-state index in [0.29, 0.717) is 52.8 Å². The van der Waals surface area contributed by atoms with Crippen molar-refractivity contribution in [1.82, 2.24) is 5.32 Å². The summed E-state index contributed by atoms with van der Waals surface area (Å²) in [5.41, 5.74) is 0. The minimum atomic E-state index is -2.49. The highest BCUT2D eigenvalue weighted by atomic mass is 28.4. The molecule has 12 heteroatoms. The second kappa shape index (κ2) is 28.9. The van der Waals surface area contributed by atoms with E-state index in [0.717, 1.165) is 37.8 Å². The van der Waals surface area contributed by atoms with E-state index in [-0.39, 0.29) is 24.9 Å². The van der Waals surface area contributed by atoms with Gasteiger partial charge < -0.3 is 42.3 Å². The van der Waals surface area contributed by atoms with Gasteiger partial charge in [-0.3, -0.25) is 0 Å². The van der Waals surface area contributed by atoms with Crippen molar-refractivity contribution < 1.29 is 46.6 Å². The second-order valence-corrected chi connectivity index (χ2v) is 13.5. The Kier molecular flexibility index (Phi) is 27.9. The predicted molar refractivity (Wildman–Crippen MR) is 174 cm³/mol. The minimum absolute atomic E-state index is 0.136. The summed E-state index contributed by atoms with van der Waals surface area (Å²) < 4.78 is 45.0. The Balaban J connectivity index is 3.64. The zero-order valence-corrected chi connectivity index (χ0v) is 29.5. The summed E-state index contributed by atoms with van der Waals surface area (Å²) in [7, 11) is -2.49. The molecule has 3 unspecified atom stereocenters. The normalized spacial score (nSPS) is 13.7. The summed E-state index contributed by atoms with van der Waals surface area (Å²) in [6.07, 6.45) is 10.4. The molecule has 1 amide bonds. The summed E-state index contributed by atoms with van der Waals surface area (Å²) in [5, 5.41) is 2.72. The molecule has 0 saturated carbocycles. The van der Waals surface area contributed by atoms with Crippen LogP contribution in [0.3, 0.4) is 0 Å². The number of esters is 1. The van der Waals surface area contributed by atoms with Crippen LogP contribution in [0, 0.1) is 0 Å². The van der Waals surface area contributed by atoms with Crippen LogP contribution in [-0.2, 0) is 41.8 Å². The standard InChI is InChI=1S/C32H63NO10Si/c1-8-31(34)40-27-30(7)39-26-29(6)38-25-28(5)36-23-21-33-32(35)37-22-19-17-15-13-12-14-16-18-20-24-44(41-9-2,42-10-3)43-11-4/h8,28-30H,1,9-27H2,2-7H3,(H,33,35). The molecular formula is C32H63NO10Si. The van der Waals surface area contributed by atoms with Crippen molar-refractivity contribution in [2.45, 2.75) is 124 Å². The Bertz CT molecular complexity index is 698. The van der Waals surface area contributed by atoms with Crippen LogP contribution in [0.5, 0.6) is 0 Å². The van der Waals surface area contributed by atoms with Crippen LogP contribution in [0.15, 0.2) is 12.7 Å². The minimum Gasteiger partial charge on any atom is -0.460 e. The van der Waals surface area contributed by atoms with E-state index in [2.05, 4.69) is 11.9 Å². The first-order valence-electron chi connectivity index (χ1n) is 16.7. The zero-order chi connectivity index (χ0) is 32.9. The Labute approximate surface area is 268 Å². The third-order valence-electron chi connectivity index (χ3n) is 6.58. The second-order valence-electron chi connectivity index (χ2n) is 10.8. The summed E-state index contributed by atoms with van der Waals surface area (Å²) >= 11 is 0. The first-order chi connectivity index (χ1) is 21.2. The smallest absolute Gasteiger partial charge is 0.460 e. The molecule has 0 heterocycles. The number of nitrogens with one attached hydrogen (secondary N) is 1. The molecule has 11 nitrogen and oxygen atoms in total. The van der Waals surface area contributed by atoms with Gasteiger partial charge in [0.15, 0.2) is 0 Å². The number of ether oxygens (including phenoxy) is 5. The number of hydrogen-bond donors (Lipinski definition) is 1. The molecule has 1 N–H and O–H groups in total. The van der Waals surface area contributed by atoms with Gasteiger partial charge in [0.1, 0.15) is 6.61 Å². The van der Waals surface area contributed by atoms with Crippen LogP contribution in [0.1, 0.15) is 99.3 Å². The third-order valence-corrected chi connectivity index (χ3v) is 9.74. The maximum Gasteiger partial charge on any atom is 0.500 e. The largest absolute Gasteiger partial charge is 0.500 e. The lowest BCUT2D eigenvalue weighted by molar-refractivity contribution is -0.142. The number of hydrogen-bond acceptors (Lipinski definition) is 10. The van der Waals surface area contributed by atoms with Gasteiger partial charge in [0.25, 0.3) is 0 Å². The Morgan fingerprint density at radius 2 is 1.14 bits per heavy atom. The Morgan fingerprint density at radius 1 is 0.659 bits per heavy atom. The lowest BCUT2D eigenvalue weighted by Gasteiger charge is -2.28. The summed E-state index contributed by atoms with van der Waals surface area (Å²) in [6.45, 7) is 19.0. The van der Waals surface area contributed by atoms with E-state index < -0.39 is 20.9 Å². The van der Waals surface area contributed by atoms with Crippen LogP contribution < -0.4 is 5.32 Å². The molecule has 3 atom stereocenters. The highest BCUT2D eigenvalue weighted by molar-refractivity contribution is 6.60. The van der Waals surface area contributed by atoms with E-state index in [1.165, 1.54) is 32.1 Å². The fourth-order valence-corrected chi connectivity index (χ4v) is 7.00. The molecular weight excluding hydrogens is 586 g/mol. The molecule has 0 aromatic heterocycles. The van der Waals surface area contributed by atoms with Crippen molar-refractivity contribution in [3.63, 3.8) is 0 Å². The molecule has 0 saturated heterocycles. The first-order valence-corrected chi connectivity index (χ1v) is 18.6. The predicted octanol–water partition coefficient (Wildman–Crippen LogP) is 6.22. The molecule has 0 bridgehead atoms. The van der Waals surface area contributed by atoms with E-state index in [4.69, 9.17) is 37.0 Å². The lowest BCUT2D eigenvalue weighted by Crippen LogP contribution is -2.45. The van der Waals surface area contributed by atoms with E-state index in [9.17, 15) is 9.59 Å². The van der Waals surface area contributed by atoms with Crippen molar-refractivity contribution in [2.75, 3.05) is 59.4 Å². The van der Waals surface area contributed by atoms with Gasteiger partial charge in [0, 0.05) is 38.5 Å².